The predicted molar refractivity (Wildman–Crippen MR) is 200 cm³/mol. The van der Waals surface area contributed by atoms with Crippen molar-refractivity contribution < 1.29 is 29.6 Å². The molecule has 1 heterocycles. The molecule has 0 unspecified atom stereocenters. The molecule has 0 aliphatic heterocycles. The number of aliphatic hydroxyl groups excluding tert-OH is 1. The van der Waals surface area contributed by atoms with Gasteiger partial charge in [0.15, 0.2) is 6.29 Å². The maximum Gasteiger partial charge on any atom is 0.336 e. The smallest absolute Gasteiger partial charge is 0.336 e. The first kappa shape index (κ1) is 49.9. The Labute approximate surface area is 286 Å². The number of methoxy groups -OCH3 is 1. The van der Waals surface area contributed by atoms with Gasteiger partial charge in [-0.25, -0.2) is 9.78 Å². The maximum atomic E-state index is 11.3. The summed E-state index contributed by atoms with van der Waals surface area (Å²) < 4.78 is 5.00. The number of aldehydes is 1. The van der Waals surface area contributed by atoms with Crippen LogP contribution in [0.15, 0.2) is 72.5 Å². The van der Waals surface area contributed by atoms with E-state index in [-0.39, 0.29) is 17.9 Å². The summed E-state index contributed by atoms with van der Waals surface area (Å²) >= 11 is 0. The first-order valence-corrected chi connectivity index (χ1v) is 16.6. The van der Waals surface area contributed by atoms with Gasteiger partial charge in [-0.15, -0.1) is 0 Å². The summed E-state index contributed by atoms with van der Waals surface area (Å²) in [5.41, 5.74) is 3.11. The lowest BCUT2D eigenvalue weighted by atomic mass is 10.00. The van der Waals surface area contributed by atoms with Crippen LogP contribution in [-0.2, 0) is 17.6 Å². The van der Waals surface area contributed by atoms with Gasteiger partial charge >= 0.3 is 5.97 Å². The molecule has 0 fully saturated rings. The van der Waals surface area contributed by atoms with Crippen molar-refractivity contribution in [3.63, 3.8) is 0 Å². The quantitative estimate of drug-likeness (QED) is 0.0954. The fourth-order valence-corrected chi connectivity index (χ4v) is 3.39. The van der Waals surface area contributed by atoms with Crippen molar-refractivity contribution in [1.29, 1.82) is 0 Å². The molecule has 266 valence electrons. The molecule has 0 bridgehead atoms. The fraction of sp³-hybridized carbons (Fsp3) is 0.462. The summed E-state index contributed by atoms with van der Waals surface area (Å²) in [7, 11) is 3.60. The van der Waals surface area contributed by atoms with Crippen molar-refractivity contribution in [3.8, 4) is 5.75 Å². The number of carbonyl (C=O) groups excluding carboxylic acids is 1. The molecule has 0 saturated heterocycles. The molecule has 1 atom stereocenters. The Morgan fingerprint density at radius 3 is 2.02 bits per heavy atom. The molecule has 4 N–H and O–H groups in total. The zero-order valence-electron chi connectivity index (χ0n) is 31.2. The molecule has 0 spiro atoms. The number of allylic oxidation sites excluding steroid dienone is 4. The number of hydrogen-bond acceptors (Lipinski definition) is 7. The Bertz CT molecular complexity index is 1160. The first-order chi connectivity index (χ1) is 22.6. The number of likely N-dealkylation sites (N-methyl/N-ethyl adjacent to an activating group) is 1. The lowest BCUT2D eigenvalue weighted by molar-refractivity contribution is 0.0696. The summed E-state index contributed by atoms with van der Waals surface area (Å²) in [4.78, 5) is 26.2. The van der Waals surface area contributed by atoms with E-state index < -0.39 is 5.97 Å². The van der Waals surface area contributed by atoms with Crippen LogP contribution in [0.2, 0.25) is 0 Å². The van der Waals surface area contributed by atoms with Crippen LogP contribution in [0.5, 0.6) is 5.75 Å². The Hall–Kier alpha value is -4.01. The van der Waals surface area contributed by atoms with Gasteiger partial charge in [0, 0.05) is 17.3 Å². The molecule has 1 aromatic heterocycles. The van der Waals surface area contributed by atoms with E-state index >= 15 is 0 Å². The van der Waals surface area contributed by atoms with Crippen LogP contribution in [0.3, 0.4) is 0 Å². The number of ether oxygens (including phenoxy) is 1. The van der Waals surface area contributed by atoms with Crippen LogP contribution in [0.4, 0.5) is 0 Å². The van der Waals surface area contributed by atoms with Gasteiger partial charge in [-0.2, -0.15) is 0 Å². The number of aliphatic hydroxyl groups is 1. The molecule has 0 radical (unpaired) electrons. The van der Waals surface area contributed by atoms with Crippen molar-refractivity contribution in [2.45, 2.75) is 101 Å². The topological polar surface area (TPSA) is 129 Å². The van der Waals surface area contributed by atoms with E-state index in [0.29, 0.717) is 42.2 Å². The minimum atomic E-state index is -1.11. The number of carboxylic acid groups (broad SMARTS) is 1. The molecule has 0 aliphatic carbocycles. The van der Waals surface area contributed by atoms with E-state index in [2.05, 4.69) is 30.7 Å². The Kier molecular flexibility index (Phi) is 37.0. The average Bonchev–Trinajstić information content (AvgIpc) is 3.12. The summed E-state index contributed by atoms with van der Waals surface area (Å²) in [6.07, 6.45) is 12.8. The molecule has 8 nitrogen and oxygen atoms in total. The number of pyridine rings is 1. The van der Waals surface area contributed by atoms with E-state index in [1.807, 2.05) is 92.8 Å². The molecule has 2 rings (SSSR count). The number of carboxylic acids is 1. The lowest BCUT2D eigenvalue weighted by Gasteiger charge is -2.10. The minimum absolute atomic E-state index is 0.0355. The highest BCUT2D eigenvalue weighted by atomic mass is 16.5. The fourth-order valence-electron chi connectivity index (χ4n) is 3.39. The van der Waals surface area contributed by atoms with Crippen molar-refractivity contribution in [2.75, 3.05) is 20.8 Å². The molecule has 0 aliphatic rings. The number of benzene rings is 1. The van der Waals surface area contributed by atoms with Gasteiger partial charge in [0.25, 0.3) is 0 Å². The van der Waals surface area contributed by atoms with E-state index in [4.69, 9.17) is 9.84 Å². The van der Waals surface area contributed by atoms with Crippen molar-refractivity contribution in [1.82, 2.24) is 10.3 Å². The van der Waals surface area contributed by atoms with Crippen LogP contribution in [0, 0.1) is 0 Å². The molecule has 47 heavy (non-hydrogen) atoms. The van der Waals surface area contributed by atoms with Crippen molar-refractivity contribution >= 4 is 18.3 Å². The third-order valence-corrected chi connectivity index (χ3v) is 5.86. The largest absolute Gasteiger partial charge is 0.508 e. The van der Waals surface area contributed by atoms with Gasteiger partial charge in [0.2, 0.25) is 0 Å². The number of hydrogen-bond donors (Lipinski definition) is 4. The highest BCUT2D eigenvalue weighted by Gasteiger charge is 2.15. The number of aromatic hydroxyl groups is 1. The molecule has 2 aromatic rings. The van der Waals surface area contributed by atoms with Gasteiger partial charge in [0.05, 0.1) is 19.3 Å². The number of carbonyl (C=O) groups is 2. The van der Waals surface area contributed by atoms with Crippen LogP contribution in [0.25, 0.3) is 6.08 Å². The SMILES string of the molecule is C=C/C=C(\C=C/CC)OC.CC.CC.CC.CC/C(=C\c1c(C(=O)O)cc(C=O)nc1CC)CO.CN[C@H](C)Cc1ccc(O)cc1. The van der Waals surface area contributed by atoms with E-state index in [1.165, 1.54) is 11.6 Å². The third kappa shape index (κ3) is 23.9. The number of phenolic OH excluding ortho intramolecular Hbond substituents is 1. The predicted octanol–water partition coefficient (Wildman–Crippen LogP) is 9.23. The molecular weight excluding hydrogens is 592 g/mol. The van der Waals surface area contributed by atoms with Crippen LogP contribution >= 0.6 is 0 Å². The second-order valence-electron chi connectivity index (χ2n) is 8.93. The number of nitrogens with one attached hydrogen (secondary N) is 1. The Balaban J connectivity index is -0.000000286. The van der Waals surface area contributed by atoms with Gasteiger partial charge in [0.1, 0.15) is 17.2 Å². The van der Waals surface area contributed by atoms with E-state index in [1.54, 1.807) is 31.4 Å². The second-order valence-corrected chi connectivity index (χ2v) is 8.93. The minimum Gasteiger partial charge on any atom is -0.508 e. The number of aromatic carboxylic acids is 1. The molecule has 8 heteroatoms. The number of phenols is 1. The number of aromatic nitrogens is 1. The van der Waals surface area contributed by atoms with Crippen LogP contribution in [0.1, 0.15) is 120 Å². The normalized spacial score (nSPS) is 10.8. The van der Waals surface area contributed by atoms with E-state index in [9.17, 15) is 19.8 Å². The summed E-state index contributed by atoms with van der Waals surface area (Å²) in [5, 5.41) is 30.6. The lowest BCUT2D eigenvalue weighted by Crippen LogP contribution is -2.23. The average molecular weight is 657 g/mol. The molecule has 0 saturated carbocycles. The molecule has 0 amide bonds. The van der Waals surface area contributed by atoms with Gasteiger partial charge in [-0.3, -0.25) is 4.79 Å². The highest BCUT2D eigenvalue weighted by Crippen LogP contribution is 2.20. The molecular formula is C39H64N2O6. The third-order valence-electron chi connectivity index (χ3n) is 5.86. The second kappa shape index (κ2) is 34.9. The number of rotatable bonds is 13. The zero-order chi connectivity index (χ0) is 37.2. The monoisotopic (exact) mass is 656 g/mol. The Morgan fingerprint density at radius 1 is 1.06 bits per heavy atom. The van der Waals surface area contributed by atoms with Gasteiger partial charge in [-0.05, 0) is 81.1 Å². The summed E-state index contributed by atoms with van der Waals surface area (Å²) in [6.45, 7) is 23.4. The number of nitrogens with zero attached hydrogens (tertiary/aromatic N) is 1. The standard InChI is InChI=1S/C14H17NO4.C10H15NO.C9H14O.3C2H6/c1-3-9(7-16)5-11-12(14(18)19)6-10(8-17)15-13(11)4-2;1-8(11-2)7-9-3-5-10(12)6-4-9;1-4-6-8-9(10-3)7-5-2;3*1-2/h5-6,8,16H,3-4,7H2,1-2H3,(H,18,19);3-6,8,11-12H,7H2,1-2H3;5-8H,2,4H2,1,3H3;3*1-2H3/b9-5+;;8-6-,9-7+;;;/t;8-;;;;/m.1..../s1. The summed E-state index contributed by atoms with van der Waals surface area (Å²) in [6, 6.07) is 9.07. The van der Waals surface area contributed by atoms with Crippen molar-refractivity contribution in [2.24, 2.45) is 0 Å². The zero-order valence-corrected chi connectivity index (χ0v) is 31.2. The van der Waals surface area contributed by atoms with Gasteiger partial charge in [-0.1, -0.05) is 99.3 Å². The van der Waals surface area contributed by atoms with Crippen molar-refractivity contribution in [3.05, 3.63) is 101 Å². The van der Waals surface area contributed by atoms with E-state index in [0.717, 1.165) is 24.2 Å². The highest BCUT2D eigenvalue weighted by molar-refractivity contribution is 5.94. The summed E-state index contributed by atoms with van der Waals surface area (Å²) in [5.74, 6) is 0.0625. The number of aryl methyl sites for hydroxylation is 1. The molecule has 1 aromatic carbocycles. The van der Waals surface area contributed by atoms with Gasteiger partial charge < -0.3 is 25.4 Å². The van der Waals surface area contributed by atoms with Crippen LogP contribution in [-0.4, -0.2) is 59.4 Å². The van der Waals surface area contributed by atoms with Crippen LogP contribution < -0.4 is 5.32 Å². The maximum absolute atomic E-state index is 11.3. The first-order valence-electron chi connectivity index (χ1n) is 16.6. The Morgan fingerprint density at radius 2 is 1.64 bits per heavy atom.